The maximum atomic E-state index is 11.3. The van der Waals surface area contributed by atoms with Crippen LogP contribution in [0.25, 0.3) is 11.0 Å². The Hall–Kier alpha value is -2.17. The summed E-state index contributed by atoms with van der Waals surface area (Å²) in [6, 6.07) is 7.17. The van der Waals surface area contributed by atoms with E-state index >= 15 is 0 Å². The zero-order valence-corrected chi connectivity index (χ0v) is 7.98. The largest absolute Gasteiger partial charge is 0.387 e. The summed E-state index contributed by atoms with van der Waals surface area (Å²) in [7, 11) is 0. The van der Waals surface area contributed by atoms with Crippen LogP contribution in [-0.4, -0.2) is 21.9 Å². The summed E-state index contributed by atoms with van der Waals surface area (Å²) in [4.78, 5) is 28.6. The van der Waals surface area contributed by atoms with Crippen LogP contribution in [0.4, 0.5) is 0 Å². The number of benzene rings is 1. The number of hydrogen-bond donors (Lipinski definition) is 1. The molecule has 76 valence electrons. The van der Waals surface area contributed by atoms with Crippen molar-refractivity contribution in [1.82, 2.24) is 9.97 Å². The molecule has 0 aliphatic heterocycles. The lowest BCUT2D eigenvalue weighted by Gasteiger charge is -1.93. The molecule has 0 spiro atoms. The number of nitrogens with one attached hydrogen (secondary N) is 1. The van der Waals surface area contributed by atoms with Gasteiger partial charge in [-0.25, -0.2) is 9.78 Å². The summed E-state index contributed by atoms with van der Waals surface area (Å²) in [6.07, 6.45) is 0. The van der Waals surface area contributed by atoms with Gasteiger partial charge in [-0.1, -0.05) is 12.1 Å². The molecule has 1 aromatic carbocycles. The lowest BCUT2D eigenvalue weighted by Crippen LogP contribution is -2.10. The van der Waals surface area contributed by atoms with Crippen LogP contribution in [0.5, 0.6) is 0 Å². The van der Waals surface area contributed by atoms with Crippen LogP contribution in [0.1, 0.15) is 17.5 Å². The Balaban J connectivity index is 2.36. The quantitative estimate of drug-likeness (QED) is 0.560. The van der Waals surface area contributed by atoms with E-state index in [4.69, 9.17) is 0 Å². The lowest BCUT2D eigenvalue weighted by atomic mass is 10.3. The number of aromatic nitrogens is 2. The highest BCUT2D eigenvalue weighted by molar-refractivity contribution is 5.95. The number of carbonyl (C=O) groups is 2. The molecule has 15 heavy (non-hydrogen) atoms. The first-order chi connectivity index (χ1) is 7.16. The summed E-state index contributed by atoms with van der Waals surface area (Å²) in [5.74, 6) is -1.38. The van der Waals surface area contributed by atoms with Gasteiger partial charge in [0, 0.05) is 6.92 Å². The van der Waals surface area contributed by atoms with Crippen LogP contribution in [0.15, 0.2) is 24.3 Å². The molecule has 2 rings (SSSR count). The molecule has 0 radical (unpaired) electrons. The van der Waals surface area contributed by atoms with Gasteiger partial charge >= 0.3 is 11.9 Å². The standard InChI is InChI=1S/C10H8N2O3/c1-6(13)15-10(14)9-11-7-4-2-3-5-8(7)12-9/h2-5H,1H3,(H,11,12). The van der Waals surface area contributed by atoms with Crippen molar-refractivity contribution in [3.8, 4) is 0 Å². The van der Waals surface area contributed by atoms with Gasteiger partial charge < -0.3 is 9.72 Å². The number of imidazole rings is 1. The van der Waals surface area contributed by atoms with Crippen LogP contribution in [-0.2, 0) is 9.53 Å². The third-order valence-electron chi connectivity index (χ3n) is 1.82. The van der Waals surface area contributed by atoms with Crippen molar-refractivity contribution in [3.63, 3.8) is 0 Å². The molecule has 1 aromatic heterocycles. The van der Waals surface area contributed by atoms with Crippen molar-refractivity contribution in [2.45, 2.75) is 6.92 Å². The normalized spacial score (nSPS) is 10.2. The summed E-state index contributed by atoms with van der Waals surface area (Å²) >= 11 is 0. The molecule has 0 bridgehead atoms. The minimum atomic E-state index is -0.765. The summed E-state index contributed by atoms with van der Waals surface area (Å²) in [5.41, 5.74) is 1.39. The zero-order valence-electron chi connectivity index (χ0n) is 7.98. The summed E-state index contributed by atoms with van der Waals surface area (Å²) < 4.78 is 4.39. The second-order valence-corrected chi connectivity index (χ2v) is 2.98. The highest BCUT2D eigenvalue weighted by atomic mass is 16.6. The average molecular weight is 204 g/mol. The van der Waals surface area contributed by atoms with E-state index in [1.54, 1.807) is 12.1 Å². The number of ether oxygens (including phenoxy) is 1. The monoisotopic (exact) mass is 204 g/mol. The second-order valence-electron chi connectivity index (χ2n) is 2.98. The topological polar surface area (TPSA) is 72.1 Å². The third kappa shape index (κ3) is 1.85. The van der Waals surface area contributed by atoms with Crippen molar-refractivity contribution >= 4 is 23.0 Å². The molecule has 0 saturated heterocycles. The minimum absolute atomic E-state index is 0.0337. The van der Waals surface area contributed by atoms with Crippen LogP contribution in [0, 0.1) is 0 Å². The number of H-pyrrole nitrogens is 1. The predicted octanol–water partition coefficient (Wildman–Crippen LogP) is 1.27. The fourth-order valence-corrected chi connectivity index (χ4v) is 1.23. The minimum Gasteiger partial charge on any atom is -0.387 e. The molecule has 0 saturated carbocycles. The molecule has 5 heteroatoms. The Kier molecular flexibility index (Phi) is 2.21. The Morgan fingerprint density at radius 2 is 2.07 bits per heavy atom. The maximum absolute atomic E-state index is 11.3. The van der Waals surface area contributed by atoms with Gasteiger partial charge in [-0.3, -0.25) is 4.79 Å². The number of rotatable bonds is 1. The van der Waals surface area contributed by atoms with E-state index in [1.165, 1.54) is 6.92 Å². The van der Waals surface area contributed by atoms with Gasteiger partial charge in [0.1, 0.15) is 0 Å². The number of hydrogen-bond acceptors (Lipinski definition) is 4. The Bertz CT molecular complexity index is 497. The lowest BCUT2D eigenvalue weighted by molar-refractivity contribution is -0.135. The van der Waals surface area contributed by atoms with Gasteiger partial charge in [0.2, 0.25) is 5.82 Å². The van der Waals surface area contributed by atoms with E-state index in [1.807, 2.05) is 12.1 Å². The SMILES string of the molecule is CC(=O)OC(=O)c1nc2ccccc2[nH]1. The van der Waals surface area contributed by atoms with Crippen molar-refractivity contribution < 1.29 is 14.3 Å². The van der Waals surface area contributed by atoms with E-state index < -0.39 is 11.9 Å². The van der Waals surface area contributed by atoms with Crippen LogP contribution in [0.2, 0.25) is 0 Å². The fraction of sp³-hybridized carbons (Fsp3) is 0.100. The predicted molar refractivity (Wildman–Crippen MR) is 52.2 cm³/mol. The van der Waals surface area contributed by atoms with Crippen molar-refractivity contribution in [3.05, 3.63) is 30.1 Å². The smallest absolute Gasteiger partial charge is 0.382 e. The molecule has 0 unspecified atom stereocenters. The van der Waals surface area contributed by atoms with Gasteiger partial charge in [-0.2, -0.15) is 0 Å². The fourth-order valence-electron chi connectivity index (χ4n) is 1.23. The van der Waals surface area contributed by atoms with E-state index in [0.717, 1.165) is 5.52 Å². The molecule has 0 fully saturated rings. The van der Waals surface area contributed by atoms with E-state index in [9.17, 15) is 9.59 Å². The molecule has 0 atom stereocenters. The van der Waals surface area contributed by atoms with E-state index in [-0.39, 0.29) is 5.82 Å². The zero-order chi connectivity index (χ0) is 10.8. The molecule has 1 N–H and O–H groups in total. The van der Waals surface area contributed by atoms with Gasteiger partial charge in [-0.05, 0) is 12.1 Å². The molecule has 5 nitrogen and oxygen atoms in total. The summed E-state index contributed by atoms with van der Waals surface area (Å²) in [6.45, 7) is 1.17. The maximum Gasteiger partial charge on any atom is 0.382 e. The third-order valence-corrected chi connectivity index (χ3v) is 1.82. The first-order valence-electron chi connectivity index (χ1n) is 4.34. The molecule has 0 amide bonds. The van der Waals surface area contributed by atoms with Gasteiger partial charge in [-0.15, -0.1) is 0 Å². The Morgan fingerprint density at radius 1 is 1.33 bits per heavy atom. The van der Waals surface area contributed by atoms with Crippen LogP contribution in [0.3, 0.4) is 0 Å². The summed E-state index contributed by atoms with van der Waals surface area (Å²) in [5, 5.41) is 0. The van der Waals surface area contributed by atoms with Crippen LogP contribution >= 0.6 is 0 Å². The number of esters is 2. The molecule has 0 aliphatic carbocycles. The van der Waals surface area contributed by atoms with Crippen molar-refractivity contribution in [1.29, 1.82) is 0 Å². The van der Waals surface area contributed by atoms with E-state index in [2.05, 4.69) is 14.7 Å². The number of carbonyl (C=O) groups excluding carboxylic acids is 2. The molecule has 1 heterocycles. The second kappa shape index (κ2) is 3.53. The first-order valence-corrected chi connectivity index (χ1v) is 4.34. The highest BCUT2D eigenvalue weighted by Crippen LogP contribution is 2.10. The first kappa shape index (κ1) is 9.39. The van der Waals surface area contributed by atoms with Gasteiger partial charge in [0.15, 0.2) is 0 Å². The molecule has 2 aromatic rings. The number of fused-ring (bicyclic) bond motifs is 1. The Morgan fingerprint density at radius 3 is 2.73 bits per heavy atom. The number of para-hydroxylation sites is 2. The number of aromatic amines is 1. The van der Waals surface area contributed by atoms with Crippen molar-refractivity contribution in [2.24, 2.45) is 0 Å². The van der Waals surface area contributed by atoms with Gasteiger partial charge in [0.05, 0.1) is 11.0 Å². The molecular weight excluding hydrogens is 196 g/mol. The molecule has 0 aliphatic rings. The highest BCUT2D eigenvalue weighted by Gasteiger charge is 2.14. The Labute approximate surface area is 85.1 Å². The average Bonchev–Trinajstić information content (AvgIpc) is 2.59. The van der Waals surface area contributed by atoms with Crippen molar-refractivity contribution in [2.75, 3.05) is 0 Å². The molecular formula is C10H8N2O3. The van der Waals surface area contributed by atoms with Gasteiger partial charge in [0.25, 0.3) is 0 Å². The van der Waals surface area contributed by atoms with E-state index in [0.29, 0.717) is 5.52 Å². The van der Waals surface area contributed by atoms with Crippen LogP contribution < -0.4 is 0 Å². The number of nitrogens with zero attached hydrogens (tertiary/aromatic N) is 1.